The molecule has 0 spiro atoms. The highest BCUT2D eigenvalue weighted by Gasteiger charge is 2.29. The van der Waals surface area contributed by atoms with Crippen LogP contribution in [0.25, 0.3) is 0 Å². The van der Waals surface area contributed by atoms with E-state index in [0.29, 0.717) is 17.2 Å². The predicted molar refractivity (Wildman–Crippen MR) is 102 cm³/mol. The summed E-state index contributed by atoms with van der Waals surface area (Å²) in [5, 5.41) is 14.8. The van der Waals surface area contributed by atoms with E-state index in [2.05, 4.69) is 31.1 Å². The Hall–Kier alpha value is -3.23. The molecule has 4 rings (SSSR count). The molecule has 0 radical (unpaired) electrons. The van der Waals surface area contributed by atoms with Crippen molar-refractivity contribution >= 4 is 29.4 Å². The molecule has 9 heteroatoms. The lowest BCUT2D eigenvalue weighted by molar-refractivity contribution is -0.122. The van der Waals surface area contributed by atoms with Crippen LogP contribution in [0.3, 0.4) is 0 Å². The first-order valence-electron chi connectivity index (χ1n) is 9.53. The van der Waals surface area contributed by atoms with Crippen molar-refractivity contribution < 1.29 is 14.4 Å². The van der Waals surface area contributed by atoms with Crippen LogP contribution >= 0.6 is 0 Å². The highest BCUT2D eigenvalue weighted by atomic mass is 16.2. The summed E-state index contributed by atoms with van der Waals surface area (Å²) in [5.41, 5.74) is 0.795. The largest absolute Gasteiger partial charge is 0.340 e. The van der Waals surface area contributed by atoms with E-state index in [9.17, 15) is 14.4 Å². The number of nitrogens with zero attached hydrogens (tertiary/aromatic N) is 2. The first kappa shape index (κ1) is 18.1. The number of aromatic amines is 1. The third-order valence-electron chi connectivity index (χ3n) is 5.19. The highest BCUT2D eigenvalue weighted by molar-refractivity contribution is 6.11. The number of anilines is 2. The maximum atomic E-state index is 12.4. The molecule has 0 bridgehead atoms. The molecule has 9 nitrogen and oxygen atoms in total. The summed E-state index contributed by atoms with van der Waals surface area (Å²) >= 11 is 0. The van der Waals surface area contributed by atoms with Crippen molar-refractivity contribution in [3.8, 4) is 0 Å². The van der Waals surface area contributed by atoms with Crippen molar-refractivity contribution in [2.24, 2.45) is 0 Å². The van der Waals surface area contributed by atoms with Crippen LogP contribution in [0.2, 0.25) is 0 Å². The van der Waals surface area contributed by atoms with Gasteiger partial charge in [-0.3, -0.25) is 24.8 Å². The molecule has 1 aliphatic heterocycles. The summed E-state index contributed by atoms with van der Waals surface area (Å²) in [4.78, 5) is 41.4. The molecule has 146 valence electrons. The molecule has 1 atom stereocenters. The number of hydrogen-bond donors (Lipinski definition) is 4. The first-order chi connectivity index (χ1) is 13.6. The molecule has 2 heterocycles. The zero-order valence-corrected chi connectivity index (χ0v) is 15.3. The molecule has 0 saturated heterocycles. The Labute approximate surface area is 161 Å². The fraction of sp³-hybridized carbons (Fsp3) is 0.421. The van der Waals surface area contributed by atoms with Crippen molar-refractivity contribution in [1.29, 1.82) is 0 Å². The molecule has 1 aliphatic carbocycles. The number of nitrogens with one attached hydrogen (secondary N) is 4. The molecule has 3 amide bonds. The van der Waals surface area contributed by atoms with E-state index in [1.807, 2.05) is 0 Å². The summed E-state index contributed by atoms with van der Waals surface area (Å²) in [6.07, 6.45) is 5.51. The molecule has 1 aromatic carbocycles. The van der Waals surface area contributed by atoms with Gasteiger partial charge in [-0.25, -0.2) is 0 Å². The molecule has 1 fully saturated rings. The van der Waals surface area contributed by atoms with E-state index in [4.69, 9.17) is 0 Å². The number of amides is 3. The third-order valence-corrected chi connectivity index (χ3v) is 5.19. The number of benzene rings is 1. The zero-order valence-electron chi connectivity index (χ0n) is 15.3. The fourth-order valence-corrected chi connectivity index (χ4v) is 3.71. The van der Waals surface area contributed by atoms with Gasteiger partial charge in [-0.2, -0.15) is 4.98 Å². The average Bonchev–Trinajstić information content (AvgIpc) is 3.12. The monoisotopic (exact) mass is 382 g/mol. The summed E-state index contributed by atoms with van der Waals surface area (Å²) in [5.74, 6) is 0.0358. The minimum absolute atomic E-state index is 0.189. The summed E-state index contributed by atoms with van der Waals surface area (Å²) < 4.78 is 0. The lowest BCUT2D eigenvalue weighted by Gasteiger charge is -2.18. The van der Waals surface area contributed by atoms with Crippen LogP contribution < -0.4 is 16.0 Å². The number of para-hydroxylation sites is 1. The van der Waals surface area contributed by atoms with Crippen molar-refractivity contribution in [1.82, 2.24) is 20.5 Å². The van der Waals surface area contributed by atoms with Crippen LogP contribution in [0.15, 0.2) is 24.3 Å². The Morgan fingerprint density at radius 2 is 1.93 bits per heavy atom. The SMILES string of the molecule is O=C(CC1NC(=O)c2ccccc2NC1=O)Nc1n[nH]c(C2CCCCC2)n1. The number of carbonyl (C=O) groups is 3. The number of aromatic nitrogens is 3. The smallest absolute Gasteiger partial charge is 0.254 e. The Bertz CT molecular complexity index is 903. The van der Waals surface area contributed by atoms with Crippen molar-refractivity contribution in [3.05, 3.63) is 35.7 Å². The number of hydrogen-bond acceptors (Lipinski definition) is 5. The zero-order chi connectivity index (χ0) is 19.5. The fourth-order valence-electron chi connectivity index (χ4n) is 3.71. The Morgan fingerprint density at radius 1 is 1.14 bits per heavy atom. The Balaban J connectivity index is 1.38. The molecular formula is C19H22N6O3. The van der Waals surface area contributed by atoms with Gasteiger partial charge in [-0.15, -0.1) is 5.10 Å². The van der Waals surface area contributed by atoms with Gasteiger partial charge in [0.05, 0.1) is 17.7 Å². The van der Waals surface area contributed by atoms with E-state index in [1.54, 1.807) is 24.3 Å². The molecular weight excluding hydrogens is 360 g/mol. The van der Waals surface area contributed by atoms with E-state index < -0.39 is 23.8 Å². The van der Waals surface area contributed by atoms with E-state index in [1.165, 1.54) is 19.3 Å². The van der Waals surface area contributed by atoms with Crippen molar-refractivity contribution in [2.45, 2.75) is 50.5 Å². The maximum Gasteiger partial charge on any atom is 0.254 e. The highest BCUT2D eigenvalue weighted by Crippen LogP contribution is 2.30. The molecule has 2 aromatic rings. The summed E-state index contributed by atoms with van der Waals surface area (Å²) in [6.45, 7) is 0. The van der Waals surface area contributed by atoms with Gasteiger partial charge in [-0.05, 0) is 25.0 Å². The normalized spacial score (nSPS) is 19.9. The van der Waals surface area contributed by atoms with Crippen LogP contribution in [0.4, 0.5) is 11.6 Å². The van der Waals surface area contributed by atoms with Crippen LogP contribution in [0, 0.1) is 0 Å². The average molecular weight is 382 g/mol. The lowest BCUT2D eigenvalue weighted by Crippen LogP contribution is -2.43. The second kappa shape index (κ2) is 7.79. The molecule has 1 aromatic heterocycles. The second-order valence-corrected chi connectivity index (χ2v) is 7.19. The van der Waals surface area contributed by atoms with Gasteiger partial charge in [0.1, 0.15) is 11.9 Å². The molecule has 1 unspecified atom stereocenters. The molecule has 1 saturated carbocycles. The van der Waals surface area contributed by atoms with Gasteiger partial charge in [0, 0.05) is 5.92 Å². The van der Waals surface area contributed by atoms with Crippen molar-refractivity contribution in [3.63, 3.8) is 0 Å². The quantitative estimate of drug-likeness (QED) is 0.642. The Kier molecular flexibility index (Phi) is 5.05. The summed E-state index contributed by atoms with van der Waals surface area (Å²) in [7, 11) is 0. The number of rotatable bonds is 4. The van der Waals surface area contributed by atoms with Crippen LogP contribution in [0.5, 0.6) is 0 Å². The lowest BCUT2D eigenvalue weighted by atomic mass is 9.89. The van der Waals surface area contributed by atoms with E-state index in [-0.39, 0.29) is 12.4 Å². The molecule has 28 heavy (non-hydrogen) atoms. The van der Waals surface area contributed by atoms with Gasteiger partial charge in [0.25, 0.3) is 5.91 Å². The second-order valence-electron chi connectivity index (χ2n) is 7.19. The molecule has 4 N–H and O–H groups in total. The van der Waals surface area contributed by atoms with Gasteiger partial charge in [0.15, 0.2) is 0 Å². The number of carbonyl (C=O) groups excluding carboxylic acids is 3. The topological polar surface area (TPSA) is 129 Å². The van der Waals surface area contributed by atoms with Crippen LogP contribution in [0.1, 0.15) is 60.6 Å². The van der Waals surface area contributed by atoms with E-state index >= 15 is 0 Å². The number of H-pyrrole nitrogens is 1. The van der Waals surface area contributed by atoms with E-state index in [0.717, 1.165) is 18.7 Å². The van der Waals surface area contributed by atoms with Crippen LogP contribution in [-0.2, 0) is 9.59 Å². The van der Waals surface area contributed by atoms with Gasteiger partial charge in [-0.1, -0.05) is 31.4 Å². The third kappa shape index (κ3) is 3.88. The van der Waals surface area contributed by atoms with Gasteiger partial charge < -0.3 is 10.6 Å². The predicted octanol–water partition coefficient (Wildman–Crippen LogP) is 1.93. The number of fused-ring (bicyclic) bond motifs is 1. The van der Waals surface area contributed by atoms with Crippen LogP contribution in [-0.4, -0.2) is 38.9 Å². The summed E-state index contributed by atoms with van der Waals surface area (Å²) in [6, 6.07) is 5.73. The maximum absolute atomic E-state index is 12.4. The first-order valence-corrected chi connectivity index (χ1v) is 9.53. The Morgan fingerprint density at radius 3 is 2.75 bits per heavy atom. The molecule has 2 aliphatic rings. The minimum Gasteiger partial charge on any atom is -0.340 e. The van der Waals surface area contributed by atoms with Gasteiger partial charge >= 0.3 is 0 Å². The van der Waals surface area contributed by atoms with Crippen molar-refractivity contribution in [2.75, 3.05) is 10.6 Å². The minimum atomic E-state index is -0.975. The van der Waals surface area contributed by atoms with Gasteiger partial charge in [0.2, 0.25) is 17.8 Å². The standard InChI is InChI=1S/C19H22N6O3/c26-15(22-19-23-16(24-25-19)11-6-2-1-3-7-11)10-14-18(28)20-13-9-5-4-8-12(13)17(27)21-14/h4-5,8-9,11,14H,1-3,6-7,10H2,(H,20,28)(H,21,27)(H2,22,23,24,25,26).